The van der Waals surface area contributed by atoms with Gasteiger partial charge in [-0.15, -0.1) is 0 Å². The van der Waals surface area contributed by atoms with Crippen molar-refractivity contribution in [2.24, 2.45) is 5.92 Å². The van der Waals surface area contributed by atoms with E-state index in [-0.39, 0.29) is 6.04 Å². The lowest BCUT2D eigenvalue weighted by Gasteiger charge is -2.29. The Labute approximate surface area is 146 Å². The van der Waals surface area contributed by atoms with Gasteiger partial charge in [0, 0.05) is 12.1 Å². The van der Waals surface area contributed by atoms with Gasteiger partial charge in [0.1, 0.15) is 6.54 Å². The number of urea groups is 2. The van der Waals surface area contributed by atoms with Crippen molar-refractivity contribution in [3.05, 3.63) is 0 Å². The van der Waals surface area contributed by atoms with Crippen molar-refractivity contribution in [2.45, 2.75) is 58.5 Å². The fourth-order valence-electron chi connectivity index (χ4n) is 3.16. The predicted octanol–water partition coefficient (Wildman–Crippen LogP) is 0.590. The summed E-state index contributed by atoms with van der Waals surface area (Å²) >= 11 is 0. The van der Waals surface area contributed by atoms with E-state index in [4.69, 9.17) is 0 Å². The lowest BCUT2D eigenvalue weighted by atomic mass is 9.86. The Balaban J connectivity index is 1.89. The average molecular weight is 352 g/mol. The van der Waals surface area contributed by atoms with Crippen LogP contribution < -0.4 is 10.6 Å². The van der Waals surface area contributed by atoms with E-state index in [0.717, 1.165) is 30.6 Å². The fraction of sp³-hybridized carbons (Fsp3) is 0.688. The first-order valence-corrected chi connectivity index (χ1v) is 8.51. The quantitative estimate of drug-likeness (QED) is 0.567. The van der Waals surface area contributed by atoms with Crippen molar-refractivity contribution in [1.82, 2.24) is 20.4 Å². The highest BCUT2D eigenvalue weighted by Gasteiger charge is 2.46. The van der Waals surface area contributed by atoms with E-state index in [1.165, 1.54) is 0 Å². The van der Waals surface area contributed by atoms with E-state index in [1.807, 2.05) is 6.92 Å². The summed E-state index contributed by atoms with van der Waals surface area (Å²) in [6.45, 7) is 4.55. The third-order valence-corrected chi connectivity index (χ3v) is 4.58. The van der Waals surface area contributed by atoms with Crippen molar-refractivity contribution < 1.29 is 24.0 Å². The molecule has 2 N–H and O–H groups in total. The highest BCUT2D eigenvalue weighted by molar-refractivity contribution is 6.45. The van der Waals surface area contributed by atoms with Crippen LogP contribution in [-0.4, -0.2) is 58.2 Å². The van der Waals surface area contributed by atoms with Crippen LogP contribution in [0.5, 0.6) is 0 Å². The molecule has 2 atom stereocenters. The molecule has 9 nitrogen and oxygen atoms in total. The molecular weight excluding hydrogens is 328 g/mol. The van der Waals surface area contributed by atoms with Crippen molar-refractivity contribution >= 4 is 29.8 Å². The van der Waals surface area contributed by atoms with E-state index >= 15 is 0 Å². The van der Waals surface area contributed by atoms with Crippen LogP contribution in [0.1, 0.15) is 46.5 Å². The van der Waals surface area contributed by atoms with Gasteiger partial charge in [-0.3, -0.25) is 24.6 Å². The largest absolute Gasteiger partial charge is 0.335 e. The first-order valence-electron chi connectivity index (χ1n) is 8.51. The molecule has 1 heterocycles. The van der Waals surface area contributed by atoms with Crippen molar-refractivity contribution in [2.75, 3.05) is 6.54 Å². The van der Waals surface area contributed by atoms with Crippen LogP contribution >= 0.6 is 0 Å². The van der Waals surface area contributed by atoms with Crippen LogP contribution in [0.4, 0.5) is 9.59 Å². The molecule has 0 radical (unpaired) electrons. The van der Waals surface area contributed by atoms with Gasteiger partial charge in [0.05, 0.1) is 0 Å². The zero-order valence-electron chi connectivity index (χ0n) is 14.7. The summed E-state index contributed by atoms with van der Waals surface area (Å²) in [5.41, 5.74) is 0. The average Bonchev–Trinajstić information content (AvgIpc) is 2.73. The van der Waals surface area contributed by atoms with Crippen molar-refractivity contribution in [3.63, 3.8) is 0 Å². The summed E-state index contributed by atoms with van der Waals surface area (Å²) in [4.78, 5) is 60.9. The summed E-state index contributed by atoms with van der Waals surface area (Å²) in [5, 5.41) is 4.86. The summed E-state index contributed by atoms with van der Waals surface area (Å²) in [7, 11) is 0. The molecule has 9 heteroatoms. The molecule has 0 bridgehead atoms. The molecule has 2 rings (SSSR count). The molecule has 0 aromatic rings. The second kappa shape index (κ2) is 7.62. The second-order valence-corrected chi connectivity index (χ2v) is 6.83. The number of carbonyl (C=O) groups is 5. The van der Waals surface area contributed by atoms with Gasteiger partial charge in [0.25, 0.3) is 0 Å². The summed E-state index contributed by atoms with van der Waals surface area (Å²) in [5.74, 6) is -2.52. The van der Waals surface area contributed by atoms with Crippen molar-refractivity contribution in [1.29, 1.82) is 0 Å². The van der Waals surface area contributed by atoms with Crippen LogP contribution in [0.25, 0.3) is 0 Å². The third-order valence-electron chi connectivity index (χ3n) is 4.58. The number of amides is 7. The number of rotatable bonds is 4. The summed E-state index contributed by atoms with van der Waals surface area (Å²) < 4.78 is 0. The normalized spacial score (nSPS) is 24.1. The smallest absolute Gasteiger partial charge is 0.334 e. The van der Waals surface area contributed by atoms with Crippen LogP contribution in [0.3, 0.4) is 0 Å². The SMILES string of the molecule is CC(C)N1C(=O)C(=O)N(CC(=O)NC(=O)N[C@@H]2CCCC[C@@H]2C)C1=O. The topological polar surface area (TPSA) is 116 Å². The van der Waals surface area contributed by atoms with E-state index in [1.54, 1.807) is 13.8 Å². The Morgan fingerprint density at radius 3 is 2.32 bits per heavy atom. The van der Waals surface area contributed by atoms with Crippen molar-refractivity contribution in [3.8, 4) is 0 Å². The Kier molecular flexibility index (Phi) is 5.76. The second-order valence-electron chi connectivity index (χ2n) is 6.83. The maximum absolute atomic E-state index is 12.1. The molecule has 1 saturated carbocycles. The van der Waals surface area contributed by atoms with Crippen LogP contribution in [0, 0.1) is 5.92 Å². The molecule has 1 aliphatic heterocycles. The monoisotopic (exact) mass is 352 g/mol. The van der Waals surface area contributed by atoms with Crippen LogP contribution in [0.2, 0.25) is 0 Å². The van der Waals surface area contributed by atoms with Gasteiger partial charge in [-0.05, 0) is 32.6 Å². The minimum Gasteiger partial charge on any atom is -0.335 e. The zero-order valence-corrected chi connectivity index (χ0v) is 14.7. The minimum absolute atomic E-state index is 0.00499. The molecule has 1 aliphatic carbocycles. The Hall–Kier alpha value is -2.45. The first kappa shape index (κ1) is 18.9. The Morgan fingerprint density at radius 2 is 1.76 bits per heavy atom. The lowest BCUT2D eigenvalue weighted by Crippen LogP contribution is -2.50. The molecule has 7 amide bonds. The molecule has 0 aromatic carbocycles. The van der Waals surface area contributed by atoms with Gasteiger partial charge in [0.2, 0.25) is 5.91 Å². The van der Waals surface area contributed by atoms with E-state index in [9.17, 15) is 24.0 Å². The molecule has 1 saturated heterocycles. The highest BCUT2D eigenvalue weighted by Crippen LogP contribution is 2.23. The van der Waals surface area contributed by atoms with Gasteiger partial charge in [-0.2, -0.15) is 0 Å². The van der Waals surface area contributed by atoms with Crippen LogP contribution in [0.15, 0.2) is 0 Å². The van der Waals surface area contributed by atoms with E-state index in [0.29, 0.717) is 10.8 Å². The predicted molar refractivity (Wildman–Crippen MR) is 87.2 cm³/mol. The standard InChI is InChI=1S/C16H24N4O5/c1-9(2)20-14(23)13(22)19(16(20)25)8-12(21)18-15(24)17-11-7-5-4-6-10(11)3/h9-11H,4-8H2,1-3H3,(H2,17,18,21,24)/t10-,11+/m0/s1. The lowest BCUT2D eigenvalue weighted by molar-refractivity contribution is -0.144. The van der Waals surface area contributed by atoms with Gasteiger partial charge >= 0.3 is 23.9 Å². The number of hydrogen-bond donors (Lipinski definition) is 2. The highest BCUT2D eigenvalue weighted by atomic mass is 16.2. The summed E-state index contributed by atoms with van der Waals surface area (Å²) in [6, 6.07) is -2.00. The Morgan fingerprint density at radius 1 is 1.12 bits per heavy atom. The maximum atomic E-state index is 12.1. The van der Waals surface area contributed by atoms with Gasteiger partial charge in [0.15, 0.2) is 0 Å². The number of imide groups is 3. The number of carbonyl (C=O) groups excluding carboxylic acids is 5. The number of nitrogens with zero attached hydrogens (tertiary/aromatic N) is 2. The Bertz CT molecular complexity index is 603. The zero-order chi connectivity index (χ0) is 18.7. The third kappa shape index (κ3) is 4.15. The minimum atomic E-state index is -1.06. The van der Waals surface area contributed by atoms with Gasteiger partial charge in [-0.25, -0.2) is 14.5 Å². The molecule has 0 unspecified atom stereocenters. The molecule has 25 heavy (non-hydrogen) atoms. The molecule has 0 spiro atoms. The first-order chi connectivity index (χ1) is 11.7. The number of nitrogens with one attached hydrogen (secondary N) is 2. The molecular formula is C16H24N4O5. The maximum Gasteiger partial charge on any atom is 0.334 e. The number of hydrogen-bond acceptors (Lipinski definition) is 5. The van der Waals surface area contributed by atoms with Crippen LogP contribution in [-0.2, 0) is 14.4 Å². The molecule has 2 fully saturated rings. The molecule has 0 aromatic heterocycles. The van der Waals surface area contributed by atoms with Gasteiger partial charge < -0.3 is 5.32 Å². The molecule has 138 valence electrons. The fourth-order valence-corrected chi connectivity index (χ4v) is 3.16. The van der Waals surface area contributed by atoms with E-state index < -0.39 is 42.4 Å². The molecule has 2 aliphatic rings. The van der Waals surface area contributed by atoms with E-state index in [2.05, 4.69) is 10.6 Å². The summed E-state index contributed by atoms with van der Waals surface area (Å²) in [6.07, 6.45) is 4.01. The van der Waals surface area contributed by atoms with Gasteiger partial charge in [-0.1, -0.05) is 19.8 Å².